The number of rotatable bonds is 6. The highest BCUT2D eigenvalue weighted by Gasteiger charge is 2.14. The van der Waals surface area contributed by atoms with Gasteiger partial charge in [-0.1, -0.05) is 48.0 Å². The van der Waals surface area contributed by atoms with Crippen molar-refractivity contribution in [2.75, 3.05) is 7.05 Å². The van der Waals surface area contributed by atoms with Gasteiger partial charge in [0.05, 0.1) is 17.9 Å². The molecule has 0 saturated heterocycles. The lowest BCUT2D eigenvalue weighted by Gasteiger charge is -2.13. The normalized spacial score (nSPS) is 11.3. The third-order valence-corrected chi connectivity index (χ3v) is 5.47. The molecule has 2 heterocycles. The Morgan fingerprint density at radius 1 is 0.893 bits per heavy atom. The fraction of sp³-hybridized carbons (Fsp3) is 0.217. The number of thiazole rings is 1. The molecule has 0 aliphatic rings. The molecule has 0 spiro atoms. The molecule has 28 heavy (non-hydrogen) atoms. The molecule has 0 atom stereocenters. The van der Waals surface area contributed by atoms with Gasteiger partial charge in [0.15, 0.2) is 0 Å². The van der Waals surface area contributed by atoms with Gasteiger partial charge in [0.1, 0.15) is 10.8 Å². The molecule has 0 bridgehead atoms. The third kappa shape index (κ3) is 4.21. The highest BCUT2D eigenvalue weighted by Crippen LogP contribution is 2.25. The van der Waals surface area contributed by atoms with Crippen LogP contribution in [0.1, 0.15) is 22.0 Å². The molecule has 4 rings (SSSR count). The summed E-state index contributed by atoms with van der Waals surface area (Å²) in [6, 6.07) is 18.5. The van der Waals surface area contributed by atoms with Crippen LogP contribution in [0.25, 0.3) is 22.7 Å². The molecular weight excluding hydrogens is 366 g/mol. The summed E-state index contributed by atoms with van der Waals surface area (Å²) >= 11 is 1.69. The van der Waals surface area contributed by atoms with E-state index in [4.69, 9.17) is 14.4 Å². The second kappa shape index (κ2) is 8.09. The molecule has 0 saturated carbocycles. The van der Waals surface area contributed by atoms with Crippen LogP contribution in [0.3, 0.4) is 0 Å². The highest BCUT2D eigenvalue weighted by atomic mass is 32.1. The zero-order chi connectivity index (χ0) is 19.5. The first kappa shape index (κ1) is 18.6. The largest absolute Gasteiger partial charge is 0.441 e. The Bertz CT molecular complexity index is 1050. The lowest BCUT2D eigenvalue weighted by Crippen LogP contribution is -2.17. The van der Waals surface area contributed by atoms with Crippen molar-refractivity contribution in [2.45, 2.75) is 26.9 Å². The van der Waals surface area contributed by atoms with E-state index >= 15 is 0 Å². The minimum atomic E-state index is 0.682. The van der Waals surface area contributed by atoms with E-state index in [0.717, 1.165) is 46.4 Å². The SMILES string of the molecule is Cc1ccc(-c2nc(CN(C)Cc3nc(-c4ccccc4)cs3)c(C)o2)cc1. The number of nitrogens with zero attached hydrogens (tertiary/aromatic N) is 3. The fourth-order valence-electron chi connectivity index (χ4n) is 3.06. The van der Waals surface area contributed by atoms with E-state index in [1.165, 1.54) is 5.56 Å². The maximum absolute atomic E-state index is 5.90. The van der Waals surface area contributed by atoms with Gasteiger partial charge in [-0.3, -0.25) is 4.90 Å². The van der Waals surface area contributed by atoms with E-state index in [-0.39, 0.29) is 0 Å². The van der Waals surface area contributed by atoms with Crippen LogP contribution in [0.2, 0.25) is 0 Å². The minimum Gasteiger partial charge on any atom is -0.441 e. The molecule has 0 amide bonds. The van der Waals surface area contributed by atoms with E-state index < -0.39 is 0 Å². The average Bonchev–Trinajstić information content (AvgIpc) is 3.30. The predicted molar refractivity (Wildman–Crippen MR) is 114 cm³/mol. The van der Waals surface area contributed by atoms with Gasteiger partial charge < -0.3 is 4.42 Å². The van der Waals surface area contributed by atoms with Crippen LogP contribution in [0.5, 0.6) is 0 Å². The quantitative estimate of drug-likeness (QED) is 0.423. The van der Waals surface area contributed by atoms with Crippen molar-refractivity contribution in [1.82, 2.24) is 14.9 Å². The van der Waals surface area contributed by atoms with E-state index in [1.54, 1.807) is 11.3 Å². The summed E-state index contributed by atoms with van der Waals surface area (Å²) < 4.78 is 5.90. The summed E-state index contributed by atoms with van der Waals surface area (Å²) in [5, 5.41) is 3.22. The van der Waals surface area contributed by atoms with Crippen LogP contribution in [0.4, 0.5) is 0 Å². The standard InChI is InChI=1S/C23H23N3OS/c1-16-9-11-19(12-10-16)23-25-20(17(2)27-23)13-26(3)14-22-24-21(15-28-22)18-7-5-4-6-8-18/h4-12,15H,13-14H2,1-3H3. The van der Waals surface area contributed by atoms with Gasteiger partial charge in [-0.15, -0.1) is 11.3 Å². The van der Waals surface area contributed by atoms with Crippen LogP contribution >= 0.6 is 11.3 Å². The van der Waals surface area contributed by atoms with Crippen LogP contribution in [-0.2, 0) is 13.1 Å². The maximum Gasteiger partial charge on any atom is 0.226 e. The number of aromatic nitrogens is 2. The number of aryl methyl sites for hydroxylation is 2. The molecule has 0 radical (unpaired) electrons. The van der Waals surface area contributed by atoms with Crippen LogP contribution in [-0.4, -0.2) is 21.9 Å². The van der Waals surface area contributed by atoms with Crippen LogP contribution < -0.4 is 0 Å². The van der Waals surface area contributed by atoms with E-state index in [9.17, 15) is 0 Å². The molecule has 5 heteroatoms. The number of hydrogen-bond donors (Lipinski definition) is 0. The van der Waals surface area contributed by atoms with Crippen LogP contribution in [0, 0.1) is 13.8 Å². The molecule has 4 aromatic rings. The van der Waals surface area contributed by atoms with Gasteiger partial charge in [-0.25, -0.2) is 9.97 Å². The third-order valence-electron chi connectivity index (χ3n) is 4.64. The first-order chi connectivity index (χ1) is 13.6. The molecule has 4 nitrogen and oxygen atoms in total. The van der Waals surface area contributed by atoms with Crippen LogP contribution in [0.15, 0.2) is 64.4 Å². The lowest BCUT2D eigenvalue weighted by molar-refractivity contribution is 0.313. The van der Waals surface area contributed by atoms with Crippen molar-refractivity contribution < 1.29 is 4.42 Å². The summed E-state index contributed by atoms with van der Waals surface area (Å²) in [4.78, 5) is 11.7. The van der Waals surface area contributed by atoms with Crippen molar-refractivity contribution >= 4 is 11.3 Å². The molecule has 142 valence electrons. The first-order valence-electron chi connectivity index (χ1n) is 9.30. The topological polar surface area (TPSA) is 42.2 Å². The first-order valence-corrected chi connectivity index (χ1v) is 10.2. The van der Waals surface area contributed by atoms with E-state index in [1.807, 2.05) is 25.1 Å². The lowest BCUT2D eigenvalue weighted by atomic mass is 10.1. The minimum absolute atomic E-state index is 0.682. The monoisotopic (exact) mass is 389 g/mol. The van der Waals surface area contributed by atoms with Gasteiger partial charge >= 0.3 is 0 Å². The summed E-state index contributed by atoms with van der Waals surface area (Å²) in [5.41, 5.74) is 5.40. The summed E-state index contributed by atoms with van der Waals surface area (Å²) in [6.45, 7) is 5.56. The zero-order valence-corrected chi connectivity index (χ0v) is 17.2. The van der Waals surface area contributed by atoms with Gasteiger partial charge in [0, 0.05) is 23.1 Å². The predicted octanol–water partition coefficient (Wildman–Crippen LogP) is 5.71. The smallest absolute Gasteiger partial charge is 0.226 e. The van der Waals surface area contributed by atoms with Crippen molar-refractivity contribution in [3.63, 3.8) is 0 Å². The Morgan fingerprint density at radius 2 is 1.64 bits per heavy atom. The zero-order valence-electron chi connectivity index (χ0n) is 16.3. The fourth-order valence-corrected chi connectivity index (χ4v) is 3.94. The summed E-state index contributed by atoms with van der Waals surface area (Å²) in [5.74, 6) is 1.55. The van der Waals surface area contributed by atoms with Crippen molar-refractivity contribution in [2.24, 2.45) is 0 Å². The Kier molecular flexibility index (Phi) is 5.37. The van der Waals surface area contributed by atoms with Gasteiger partial charge in [-0.2, -0.15) is 0 Å². The molecular formula is C23H23N3OS. The van der Waals surface area contributed by atoms with Gasteiger partial charge in [0.2, 0.25) is 5.89 Å². The molecule has 2 aromatic heterocycles. The van der Waals surface area contributed by atoms with Crippen molar-refractivity contribution in [3.05, 3.63) is 82.0 Å². The number of oxazole rings is 1. The molecule has 0 N–H and O–H groups in total. The molecule has 0 unspecified atom stereocenters. The van der Waals surface area contributed by atoms with Gasteiger partial charge in [0.25, 0.3) is 0 Å². The second-order valence-electron chi connectivity index (χ2n) is 7.05. The molecule has 0 aliphatic carbocycles. The van der Waals surface area contributed by atoms with E-state index in [0.29, 0.717) is 5.89 Å². The Balaban J connectivity index is 1.43. The number of hydrogen-bond acceptors (Lipinski definition) is 5. The van der Waals surface area contributed by atoms with Gasteiger partial charge in [-0.05, 0) is 33.0 Å². The second-order valence-corrected chi connectivity index (χ2v) is 8.00. The summed E-state index contributed by atoms with van der Waals surface area (Å²) in [6.07, 6.45) is 0. The Morgan fingerprint density at radius 3 is 2.39 bits per heavy atom. The maximum atomic E-state index is 5.90. The van der Waals surface area contributed by atoms with Crippen molar-refractivity contribution in [1.29, 1.82) is 0 Å². The average molecular weight is 390 g/mol. The van der Waals surface area contributed by atoms with Crippen molar-refractivity contribution in [3.8, 4) is 22.7 Å². The molecule has 0 fully saturated rings. The molecule has 0 aliphatic heterocycles. The molecule has 2 aromatic carbocycles. The Labute approximate surface area is 169 Å². The Hall–Kier alpha value is -2.76. The summed E-state index contributed by atoms with van der Waals surface area (Å²) in [7, 11) is 2.09. The highest BCUT2D eigenvalue weighted by molar-refractivity contribution is 7.09. The van der Waals surface area contributed by atoms with E-state index in [2.05, 4.69) is 60.6 Å². The number of benzene rings is 2.